The van der Waals surface area contributed by atoms with Gasteiger partial charge in [0, 0.05) is 18.5 Å². The van der Waals surface area contributed by atoms with Crippen LogP contribution < -0.4 is 10.2 Å². The minimum atomic E-state index is -3.72. The van der Waals surface area contributed by atoms with Gasteiger partial charge in [0.05, 0.1) is 22.4 Å². The Morgan fingerprint density at radius 1 is 0.816 bits per heavy atom. The number of aliphatic hydroxyl groups excluding tert-OH is 1. The molecule has 0 aliphatic carbocycles. The van der Waals surface area contributed by atoms with Gasteiger partial charge in [-0.05, 0) is 52.6 Å². The number of aliphatic hydroxyl groups is 1. The molecule has 38 heavy (non-hydrogen) atoms. The Hall–Kier alpha value is -3.50. The molecule has 5 rings (SSSR count). The van der Waals surface area contributed by atoms with E-state index in [4.69, 9.17) is 0 Å². The van der Waals surface area contributed by atoms with Gasteiger partial charge in [-0.3, -0.25) is 5.32 Å². The monoisotopic (exact) mass is 548 g/mol. The molecule has 0 radical (unpaired) electrons. The zero-order valence-corrected chi connectivity index (χ0v) is 22.4. The van der Waals surface area contributed by atoms with Crippen LogP contribution in [-0.2, 0) is 26.3 Å². The number of nitrogens with one attached hydrogen (secondary N) is 1. The molecule has 1 fully saturated rings. The van der Waals surface area contributed by atoms with Crippen molar-refractivity contribution in [3.63, 3.8) is 0 Å². The molecule has 0 aromatic heterocycles. The van der Waals surface area contributed by atoms with E-state index in [1.54, 1.807) is 48.5 Å². The van der Waals surface area contributed by atoms with E-state index in [0.717, 1.165) is 23.1 Å². The van der Waals surface area contributed by atoms with Gasteiger partial charge in [0.15, 0.2) is 15.3 Å². The summed E-state index contributed by atoms with van der Waals surface area (Å²) in [5.41, 5.74) is 2.64. The topological polar surface area (TPSA) is 104 Å². The molecule has 0 bridgehead atoms. The van der Waals surface area contributed by atoms with Crippen molar-refractivity contribution in [2.45, 2.75) is 27.9 Å². The lowest BCUT2D eigenvalue weighted by Crippen LogP contribution is -2.43. The SMILES string of the molecule is CS(=O)(=O)c1cc(-c2ccc(C3CNC(S(=O)(=O)c4ccccc4)N3c3ccccc3)cc2)ccc1CO. The standard InChI is InChI=1S/C29H28N2O5S2/c1-37(33,34)28-18-23(16-17-24(28)20-32)21-12-14-22(15-13-21)27-19-30-29(31(27)25-8-4-2-5-9-25)38(35,36)26-10-6-3-7-11-26/h2-18,27,29-30,32H,19-20H2,1H3. The molecule has 1 aliphatic heterocycles. The first-order chi connectivity index (χ1) is 18.2. The Kier molecular flexibility index (Phi) is 7.11. The number of nitrogens with zero attached hydrogens (tertiary/aromatic N) is 1. The summed E-state index contributed by atoms with van der Waals surface area (Å²) in [5, 5.41) is 12.8. The van der Waals surface area contributed by atoms with Crippen molar-refractivity contribution in [3.05, 3.63) is 114 Å². The molecule has 0 spiro atoms. The molecule has 0 amide bonds. The summed E-state index contributed by atoms with van der Waals surface area (Å²) in [4.78, 5) is 2.25. The van der Waals surface area contributed by atoms with Crippen LogP contribution in [0.1, 0.15) is 17.2 Å². The van der Waals surface area contributed by atoms with Crippen molar-refractivity contribution in [1.29, 1.82) is 0 Å². The molecule has 1 aliphatic rings. The number of anilines is 1. The molecule has 2 unspecified atom stereocenters. The third-order valence-electron chi connectivity index (χ3n) is 6.76. The number of hydrogen-bond acceptors (Lipinski definition) is 7. The van der Waals surface area contributed by atoms with Crippen LogP contribution in [0, 0.1) is 0 Å². The van der Waals surface area contributed by atoms with E-state index in [1.807, 2.05) is 59.5 Å². The van der Waals surface area contributed by atoms with Crippen LogP contribution in [0.4, 0.5) is 5.69 Å². The highest BCUT2D eigenvalue weighted by Crippen LogP contribution is 2.37. The van der Waals surface area contributed by atoms with E-state index >= 15 is 0 Å². The second-order valence-corrected chi connectivity index (χ2v) is 13.2. The number of para-hydroxylation sites is 1. The van der Waals surface area contributed by atoms with Crippen LogP contribution in [0.5, 0.6) is 0 Å². The summed E-state index contributed by atoms with van der Waals surface area (Å²) >= 11 is 0. The molecular formula is C29H28N2O5S2. The Morgan fingerprint density at radius 3 is 2.03 bits per heavy atom. The Labute approximate surface area is 223 Å². The first-order valence-corrected chi connectivity index (χ1v) is 15.5. The lowest BCUT2D eigenvalue weighted by atomic mass is 9.99. The maximum absolute atomic E-state index is 13.6. The average molecular weight is 549 g/mol. The Balaban J connectivity index is 1.51. The number of hydrogen-bond donors (Lipinski definition) is 2. The van der Waals surface area contributed by atoms with Gasteiger partial charge in [-0.2, -0.15) is 0 Å². The van der Waals surface area contributed by atoms with Gasteiger partial charge < -0.3 is 10.0 Å². The zero-order valence-electron chi connectivity index (χ0n) is 20.7. The number of sulfone groups is 2. The third kappa shape index (κ3) is 4.98. The fourth-order valence-electron chi connectivity index (χ4n) is 4.87. The molecule has 2 N–H and O–H groups in total. The van der Waals surface area contributed by atoms with Crippen molar-refractivity contribution in [2.24, 2.45) is 0 Å². The smallest absolute Gasteiger partial charge is 0.213 e. The molecule has 4 aromatic carbocycles. The van der Waals surface area contributed by atoms with Crippen molar-refractivity contribution in [2.75, 3.05) is 17.7 Å². The zero-order chi connectivity index (χ0) is 26.9. The van der Waals surface area contributed by atoms with Gasteiger partial charge in [-0.25, -0.2) is 16.8 Å². The van der Waals surface area contributed by atoms with E-state index in [9.17, 15) is 21.9 Å². The highest BCUT2D eigenvalue weighted by atomic mass is 32.2. The highest BCUT2D eigenvalue weighted by molar-refractivity contribution is 7.92. The fraction of sp³-hybridized carbons (Fsp3) is 0.172. The molecule has 7 nitrogen and oxygen atoms in total. The summed E-state index contributed by atoms with van der Waals surface area (Å²) in [7, 11) is -7.23. The quantitative estimate of drug-likeness (QED) is 0.358. The maximum Gasteiger partial charge on any atom is 0.213 e. The molecule has 1 heterocycles. The number of rotatable bonds is 7. The van der Waals surface area contributed by atoms with Crippen LogP contribution in [-0.4, -0.2) is 40.2 Å². The molecule has 0 saturated carbocycles. The van der Waals surface area contributed by atoms with Crippen LogP contribution in [0.2, 0.25) is 0 Å². The lowest BCUT2D eigenvalue weighted by Gasteiger charge is -2.31. The summed E-state index contributed by atoms with van der Waals surface area (Å²) < 4.78 is 51.7. The second-order valence-electron chi connectivity index (χ2n) is 9.25. The van der Waals surface area contributed by atoms with E-state index in [2.05, 4.69) is 5.32 Å². The van der Waals surface area contributed by atoms with Gasteiger partial charge in [-0.1, -0.05) is 72.8 Å². The van der Waals surface area contributed by atoms with E-state index < -0.39 is 25.2 Å². The van der Waals surface area contributed by atoms with Crippen LogP contribution in [0.25, 0.3) is 11.1 Å². The average Bonchev–Trinajstić information content (AvgIpc) is 3.39. The van der Waals surface area contributed by atoms with Crippen LogP contribution in [0.3, 0.4) is 0 Å². The van der Waals surface area contributed by atoms with Gasteiger partial charge in [0.2, 0.25) is 9.84 Å². The minimum absolute atomic E-state index is 0.103. The normalized spacial score (nSPS) is 18.0. The van der Waals surface area contributed by atoms with Crippen molar-refractivity contribution in [3.8, 4) is 11.1 Å². The molecule has 1 saturated heterocycles. The first-order valence-electron chi connectivity index (χ1n) is 12.1. The Bertz CT molecular complexity index is 1640. The van der Waals surface area contributed by atoms with E-state index in [0.29, 0.717) is 17.7 Å². The minimum Gasteiger partial charge on any atom is -0.392 e. The van der Waals surface area contributed by atoms with Crippen molar-refractivity contribution >= 4 is 25.4 Å². The Morgan fingerprint density at radius 2 is 1.42 bits per heavy atom. The van der Waals surface area contributed by atoms with Crippen molar-refractivity contribution < 1.29 is 21.9 Å². The predicted molar refractivity (Wildman–Crippen MR) is 148 cm³/mol. The second kappa shape index (κ2) is 10.3. The summed E-state index contributed by atoms with van der Waals surface area (Å²) in [6.45, 7) is 0.0626. The highest BCUT2D eigenvalue weighted by Gasteiger charge is 2.42. The first kappa shape index (κ1) is 26.1. The third-order valence-corrected chi connectivity index (χ3v) is 9.85. The van der Waals surface area contributed by atoms with Crippen LogP contribution in [0.15, 0.2) is 113 Å². The van der Waals surface area contributed by atoms with Gasteiger partial charge in [0.1, 0.15) is 0 Å². The van der Waals surface area contributed by atoms with Crippen molar-refractivity contribution in [1.82, 2.24) is 5.32 Å². The lowest BCUT2D eigenvalue weighted by molar-refractivity contribution is 0.278. The largest absolute Gasteiger partial charge is 0.392 e. The molecular weight excluding hydrogens is 520 g/mol. The van der Waals surface area contributed by atoms with Gasteiger partial charge >= 0.3 is 0 Å². The number of benzene rings is 4. The molecule has 9 heteroatoms. The molecule has 196 valence electrons. The van der Waals surface area contributed by atoms with Gasteiger partial charge in [-0.15, -0.1) is 0 Å². The molecule has 2 atom stereocenters. The summed E-state index contributed by atoms with van der Waals surface area (Å²) in [6.07, 6.45) is 1.12. The summed E-state index contributed by atoms with van der Waals surface area (Å²) in [5.74, 6) is 0. The van der Waals surface area contributed by atoms with Crippen LogP contribution >= 0.6 is 0 Å². The molecule has 4 aromatic rings. The predicted octanol–water partition coefficient (Wildman–Crippen LogP) is 4.16. The van der Waals surface area contributed by atoms with E-state index in [-0.39, 0.29) is 22.4 Å². The summed E-state index contributed by atoms with van der Waals surface area (Å²) in [6, 6.07) is 30.3. The maximum atomic E-state index is 13.6. The fourth-order valence-corrected chi connectivity index (χ4v) is 7.50. The van der Waals surface area contributed by atoms with Gasteiger partial charge in [0.25, 0.3) is 0 Å². The van der Waals surface area contributed by atoms with E-state index in [1.165, 1.54) is 0 Å².